The molecule has 0 saturated carbocycles. The molecule has 1 aromatic heterocycles. The average Bonchev–Trinajstić information content (AvgIpc) is 2.78. The summed E-state index contributed by atoms with van der Waals surface area (Å²) in [5.41, 5.74) is 1.31. The number of nitrogens with one attached hydrogen (secondary N) is 1. The van der Waals surface area contributed by atoms with E-state index in [4.69, 9.17) is 4.74 Å². The van der Waals surface area contributed by atoms with E-state index in [-0.39, 0.29) is 0 Å². The standard InChI is InChI=1S/C13H15NOS/c1-15-13-8-7-12(16-13)10-14-9-11-5-3-2-4-6-11/h2-8,14H,9-10H2,1H3. The molecule has 1 N–H and O–H groups in total. The first-order valence-corrected chi connectivity index (χ1v) is 6.07. The summed E-state index contributed by atoms with van der Waals surface area (Å²) in [6.07, 6.45) is 0. The van der Waals surface area contributed by atoms with Crippen molar-refractivity contribution in [3.63, 3.8) is 0 Å². The number of hydrogen-bond acceptors (Lipinski definition) is 3. The Balaban J connectivity index is 1.80. The van der Waals surface area contributed by atoms with Crippen molar-refractivity contribution >= 4 is 11.3 Å². The maximum Gasteiger partial charge on any atom is 0.173 e. The lowest BCUT2D eigenvalue weighted by atomic mass is 10.2. The van der Waals surface area contributed by atoms with E-state index < -0.39 is 0 Å². The second kappa shape index (κ2) is 5.68. The second-order valence-corrected chi connectivity index (χ2v) is 4.64. The molecule has 0 saturated heterocycles. The quantitative estimate of drug-likeness (QED) is 0.857. The molecule has 0 aliphatic carbocycles. The van der Waals surface area contributed by atoms with Crippen LogP contribution in [0.1, 0.15) is 10.4 Å². The van der Waals surface area contributed by atoms with Crippen molar-refractivity contribution in [2.75, 3.05) is 7.11 Å². The van der Waals surface area contributed by atoms with Gasteiger partial charge in [-0.15, -0.1) is 11.3 Å². The zero-order valence-corrected chi connectivity index (χ0v) is 10.1. The van der Waals surface area contributed by atoms with Gasteiger partial charge in [-0.3, -0.25) is 0 Å². The zero-order valence-electron chi connectivity index (χ0n) is 9.27. The molecule has 0 aliphatic heterocycles. The van der Waals surface area contributed by atoms with Gasteiger partial charge in [0.1, 0.15) is 0 Å². The van der Waals surface area contributed by atoms with Gasteiger partial charge in [0.2, 0.25) is 0 Å². The van der Waals surface area contributed by atoms with Crippen LogP contribution in [0.4, 0.5) is 0 Å². The highest BCUT2D eigenvalue weighted by Crippen LogP contribution is 2.23. The van der Waals surface area contributed by atoms with Crippen LogP contribution in [0.5, 0.6) is 5.06 Å². The predicted octanol–water partition coefficient (Wildman–Crippen LogP) is 3.05. The summed E-state index contributed by atoms with van der Waals surface area (Å²) in [4.78, 5) is 1.30. The van der Waals surface area contributed by atoms with Crippen molar-refractivity contribution in [2.24, 2.45) is 0 Å². The highest BCUT2D eigenvalue weighted by atomic mass is 32.1. The molecule has 0 unspecified atom stereocenters. The van der Waals surface area contributed by atoms with Crippen molar-refractivity contribution in [2.45, 2.75) is 13.1 Å². The molecule has 0 spiro atoms. The molecule has 1 aromatic carbocycles. The van der Waals surface area contributed by atoms with Gasteiger partial charge in [0.25, 0.3) is 0 Å². The minimum atomic E-state index is 0.892. The van der Waals surface area contributed by atoms with Crippen LogP contribution in [-0.4, -0.2) is 7.11 Å². The number of methoxy groups -OCH3 is 1. The van der Waals surface area contributed by atoms with E-state index in [0.717, 1.165) is 18.2 Å². The largest absolute Gasteiger partial charge is 0.487 e. The smallest absolute Gasteiger partial charge is 0.173 e. The van der Waals surface area contributed by atoms with Gasteiger partial charge in [0, 0.05) is 18.0 Å². The van der Waals surface area contributed by atoms with Crippen LogP contribution in [0.3, 0.4) is 0 Å². The maximum atomic E-state index is 5.15. The lowest BCUT2D eigenvalue weighted by molar-refractivity contribution is 0.427. The summed E-state index contributed by atoms with van der Waals surface area (Å²) in [6.45, 7) is 1.80. The van der Waals surface area contributed by atoms with E-state index in [1.165, 1.54) is 10.4 Å². The fourth-order valence-corrected chi connectivity index (χ4v) is 2.28. The summed E-state index contributed by atoms with van der Waals surface area (Å²) >= 11 is 1.68. The van der Waals surface area contributed by atoms with Crippen molar-refractivity contribution in [3.05, 3.63) is 52.9 Å². The number of thiophene rings is 1. The highest BCUT2D eigenvalue weighted by Gasteiger charge is 1.99. The Hall–Kier alpha value is -1.32. The van der Waals surface area contributed by atoms with E-state index in [0.29, 0.717) is 0 Å². The molecule has 16 heavy (non-hydrogen) atoms. The summed E-state index contributed by atoms with van der Waals surface area (Å²) in [6, 6.07) is 14.5. The lowest BCUT2D eigenvalue weighted by Crippen LogP contribution is -2.11. The van der Waals surface area contributed by atoms with E-state index in [2.05, 4.69) is 35.6 Å². The SMILES string of the molecule is COc1ccc(CNCc2ccccc2)s1. The number of hydrogen-bond donors (Lipinski definition) is 1. The lowest BCUT2D eigenvalue weighted by Gasteiger charge is -2.02. The summed E-state index contributed by atoms with van der Waals surface area (Å²) in [7, 11) is 1.70. The Kier molecular flexibility index (Phi) is 3.97. The fourth-order valence-electron chi connectivity index (χ4n) is 1.49. The molecule has 0 bridgehead atoms. The molecule has 0 atom stereocenters. The molecule has 2 aromatic rings. The van der Waals surface area contributed by atoms with Crippen molar-refractivity contribution in [1.29, 1.82) is 0 Å². The van der Waals surface area contributed by atoms with Crippen LogP contribution in [0.15, 0.2) is 42.5 Å². The van der Waals surface area contributed by atoms with Crippen molar-refractivity contribution in [1.82, 2.24) is 5.32 Å². The molecular weight excluding hydrogens is 218 g/mol. The molecule has 2 rings (SSSR count). The van der Waals surface area contributed by atoms with Crippen molar-refractivity contribution in [3.8, 4) is 5.06 Å². The third kappa shape index (κ3) is 3.08. The van der Waals surface area contributed by atoms with Crippen LogP contribution in [-0.2, 0) is 13.1 Å². The third-order valence-corrected chi connectivity index (χ3v) is 3.36. The highest BCUT2D eigenvalue weighted by molar-refractivity contribution is 7.13. The molecule has 0 aliphatic rings. The Bertz CT molecular complexity index is 425. The van der Waals surface area contributed by atoms with Crippen molar-refractivity contribution < 1.29 is 4.74 Å². The van der Waals surface area contributed by atoms with E-state index in [9.17, 15) is 0 Å². The van der Waals surface area contributed by atoms with E-state index >= 15 is 0 Å². The van der Waals surface area contributed by atoms with Crippen LogP contribution in [0.25, 0.3) is 0 Å². The first kappa shape index (κ1) is 11.2. The molecule has 84 valence electrons. The fraction of sp³-hybridized carbons (Fsp3) is 0.231. The van der Waals surface area contributed by atoms with Crippen LogP contribution in [0, 0.1) is 0 Å². The van der Waals surface area contributed by atoms with E-state index in [1.54, 1.807) is 18.4 Å². The molecule has 0 amide bonds. The molecule has 0 fully saturated rings. The third-order valence-electron chi connectivity index (χ3n) is 2.31. The normalized spacial score (nSPS) is 10.3. The van der Waals surface area contributed by atoms with Crippen LogP contribution in [0.2, 0.25) is 0 Å². The predicted molar refractivity (Wildman–Crippen MR) is 67.9 cm³/mol. The molecular formula is C13H15NOS. The molecule has 2 nitrogen and oxygen atoms in total. The molecule has 3 heteroatoms. The number of ether oxygens (including phenoxy) is 1. The van der Waals surface area contributed by atoms with Crippen LogP contribution < -0.4 is 10.1 Å². The van der Waals surface area contributed by atoms with Gasteiger partial charge in [-0.25, -0.2) is 0 Å². The van der Waals surface area contributed by atoms with Gasteiger partial charge in [0.05, 0.1) is 7.11 Å². The molecule has 0 radical (unpaired) electrons. The maximum absolute atomic E-state index is 5.15. The Morgan fingerprint density at radius 2 is 1.88 bits per heavy atom. The minimum absolute atomic E-state index is 0.892. The van der Waals surface area contributed by atoms with Gasteiger partial charge >= 0.3 is 0 Å². The summed E-state index contributed by atoms with van der Waals surface area (Å²) in [5, 5.41) is 4.38. The Labute approximate surface area is 99.9 Å². The van der Waals surface area contributed by atoms with E-state index in [1.807, 2.05) is 12.1 Å². The van der Waals surface area contributed by atoms with Gasteiger partial charge in [-0.1, -0.05) is 30.3 Å². The summed E-state index contributed by atoms with van der Waals surface area (Å²) < 4.78 is 5.15. The number of rotatable bonds is 5. The molecule has 1 heterocycles. The van der Waals surface area contributed by atoms with Gasteiger partial charge in [-0.05, 0) is 17.7 Å². The number of benzene rings is 1. The van der Waals surface area contributed by atoms with Gasteiger partial charge in [0.15, 0.2) is 5.06 Å². The summed E-state index contributed by atoms with van der Waals surface area (Å²) in [5.74, 6) is 0. The Morgan fingerprint density at radius 1 is 1.06 bits per heavy atom. The average molecular weight is 233 g/mol. The van der Waals surface area contributed by atoms with Gasteiger partial charge in [-0.2, -0.15) is 0 Å². The van der Waals surface area contributed by atoms with Crippen LogP contribution >= 0.6 is 11.3 Å². The van der Waals surface area contributed by atoms with Gasteiger partial charge < -0.3 is 10.1 Å². The zero-order chi connectivity index (χ0) is 11.2. The minimum Gasteiger partial charge on any atom is -0.487 e. The first-order chi connectivity index (χ1) is 7.88. The monoisotopic (exact) mass is 233 g/mol. The second-order valence-electron chi connectivity index (χ2n) is 3.51. The first-order valence-electron chi connectivity index (χ1n) is 5.26. The topological polar surface area (TPSA) is 21.3 Å². The Morgan fingerprint density at radius 3 is 2.56 bits per heavy atom.